The van der Waals surface area contributed by atoms with Crippen LogP contribution >= 0.6 is 0 Å². The molecule has 33 heavy (non-hydrogen) atoms. The van der Waals surface area contributed by atoms with Gasteiger partial charge in [0.25, 0.3) is 5.91 Å². The van der Waals surface area contributed by atoms with Crippen molar-refractivity contribution in [2.45, 2.75) is 31.6 Å². The maximum atomic E-state index is 13.1. The van der Waals surface area contributed by atoms with Crippen molar-refractivity contribution in [1.82, 2.24) is 15.3 Å². The molecule has 1 saturated heterocycles. The molecule has 2 bridgehead atoms. The summed E-state index contributed by atoms with van der Waals surface area (Å²) in [6.07, 6.45) is -2.65. The molecule has 1 unspecified atom stereocenters. The average Bonchev–Trinajstić information content (AvgIpc) is 3.17. The van der Waals surface area contributed by atoms with E-state index in [4.69, 9.17) is 5.73 Å². The van der Waals surface area contributed by atoms with Crippen LogP contribution in [0.5, 0.6) is 0 Å². The Balaban J connectivity index is 1.62. The van der Waals surface area contributed by atoms with Crippen LogP contribution in [0.3, 0.4) is 0 Å². The zero-order valence-electron chi connectivity index (χ0n) is 17.4. The van der Waals surface area contributed by atoms with Crippen LogP contribution in [0.25, 0.3) is 0 Å². The fourth-order valence-electron chi connectivity index (χ4n) is 3.77. The number of urea groups is 1. The van der Waals surface area contributed by atoms with E-state index in [0.717, 1.165) is 6.92 Å². The smallest absolute Gasteiger partial charge is 0.366 e. The lowest BCUT2D eigenvalue weighted by atomic mass is 10.1. The number of nitrogens with zero attached hydrogens (tertiary/aromatic N) is 4. The predicted molar refractivity (Wildman–Crippen MR) is 112 cm³/mol. The van der Waals surface area contributed by atoms with E-state index >= 15 is 0 Å². The molecule has 4 rings (SSSR count). The third kappa shape index (κ3) is 4.38. The van der Waals surface area contributed by atoms with E-state index in [9.17, 15) is 27.6 Å². The number of amides is 4. The number of pyridine rings is 2. The molecule has 4 amide bonds. The highest BCUT2D eigenvalue weighted by Crippen LogP contribution is 2.39. The van der Waals surface area contributed by atoms with Crippen molar-refractivity contribution in [2.75, 3.05) is 28.2 Å². The normalized spacial score (nSPS) is 17.9. The van der Waals surface area contributed by atoms with E-state index in [0.29, 0.717) is 25.2 Å². The van der Waals surface area contributed by atoms with Gasteiger partial charge in [-0.2, -0.15) is 13.2 Å². The van der Waals surface area contributed by atoms with Gasteiger partial charge in [0.05, 0.1) is 11.7 Å². The number of carbonyl (C=O) groups is 3. The summed E-state index contributed by atoms with van der Waals surface area (Å²) in [5.41, 5.74) is 5.75. The fraction of sp³-hybridized carbons (Fsp3) is 0.350. The molecule has 174 valence electrons. The highest BCUT2D eigenvalue weighted by Gasteiger charge is 2.41. The first-order valence-corrected chi connectivity index (χ1v) is 10.0. The zero-order valence-corrected chi connectivity index (χ0v) is 17.4. The number of nitrogens with one attached hydrogen (secondary N) is 2. The van der Waals surface area contributed by atoms with Gasteiger partial charge < -0.3 is 16.0 Å². The number of anilines is 3. The van der Waals surface area contributed by atoms with Crippen molar-refractivity contribution in [1.29, 1.82) is 0 Å². The van der Waals surface area contributed by atoms with Gasteiger partial charge in [-0.25, -0.2) is 14.8 Å². The van der Waals surface area contributed by atoms with Crippen molar-refractivity contribution in [3.05, 3.63) is 41.7 Å². The third-order valence-electron chi connectivity index (χ3n) is 5.52. The Kier molecular flexibility index (Phi) is 5.56. The number of fused-ring (bicyclic) bond motifs is 4. The van der Waals surface area contributed by atoms with Crippen LogP contribution < -0.4 is 26.2 Å². The largest absolute Gasteiger partial charge is 0.408 e. The minimum Gasteiger partial charge on any atom is -0.366 e. The SMILES string of the molecule is C[C@@H](NC(=O)c1ccc2c(n1)N(C(=O)Nc1cc(C(N)=O)ccn1)C1CCN2C1)C(F)(F)F. The number of hydrogen-bond donors (Lipinski definition) is 3. The summed E-state index contributed by atoms with van der Waals surface area (Å²) in [6.45, 7) is 2.01. The first-order valence-electron chi connectivity index (χ1n) is 10.0. The molecule has 0 aliphatic carbocycles. The molecule has 13 heteroatoms. The maximum absolute atomic E-state index is 13.1. The van der Waals surface area contributed by atoms with Crippen molar-refractivity contribution in [2.24, 2.45) is 5.73 Å². The lowest BCUT2D eigenvalue weighted by Crippen LogP contribution is -2.49. The van der Waals surface area contributed by atoms with E-state index in [1.807, 2.05) is 10.2 Å². The molecule has 0 spiro atoms. The Morgan fingerprint density at radius 2 is 2.00 bits per heavy atom. The monoisotopic (exact) mass is 463 g/mol. The molecule has 4 N–H and O–H groups in total. The summed E-state index contributed by atoms with van der Waals surface area (Å²) in [5.74, 6) is -1.45. The first kappa shape index (κ1) is 22.3. The summed E-state index contributed by atoms with van der Waals surface area (Å²) >= 11 is 0. The molecule has 0 radical (unpaired) electrons. The Morgan fingerprint density at radius 1 is 1.24 bits per heavy atom. The van der Waals surface area contributed by atoms with Gasteiger partial charge in [0.1, 0.15) is 17.6 Å². The van der Waals surface area contributed by atoms with Gasteiger partial charge in [-0.1, -0.05) is 0 Å². The molecule has 2 atom stereocenters. The molecule has 0 aromatic carbocycles. The number of aromatic nitrogens is 2. The number of halogens is 3. The lowest BCUT2D eigenvalue weighted by Gasteiger charge is -2.35. The van der Waals surface area contributed by atoms with Crippen LogP contribution in [-0.2, 0) is 0 Å². The van der Waals surface area contributed by atoms with E-state index in [-0.39, 0.29) is 28.9 Å². The predicted octanol–water partition coefficient (Wildman–Crippen LogP) is 1.89. The van der Waals surface area contributed by atoms with Crippen LogP contribution in [0.1, 0.15) is 34.2 Å². The summed E-state index contributed by atoms with van der Waals surface area (Å²) in [6, 6.07) is 2.67. The topological polar surface area (TPSA) is 134 Å². The van der Waals surface area contributed by atoms with Gasteiger partial charge >= 0.3 is 12.2 Å². The van der Waals surface area contributed by atoms with Crippen LogP contribution in [0, 0.1) is 0 Å². The van der Waals surface area contributed by atoms with Crippen LogP contribution in [-0.4, -0.2) is 59.2 Å². The van der Waals surface area contributed by atoms with Crippen molar-refractivity contribution < 1.29 is 27.6 Å². The fourth-order valence-corrected chi connectivity index (χ4v) is 3.77. The van der Waals surface area contributed by atoms with Gasteiger partial charge in [-0.05, 0) is 37.6 Å². The summed E-state index contributed by atoms with van der Waals surface area (Å²) in [4.78, 5) is 48.5. The molecule has 1 fully saturated rings. The quantitative estimate of drug-likeness (QED) is 0.634. The Morgan fingerprint density at radius 3 is 2.70 bits per heavy atom. The van der Waals surface area contributed by atoms with E-state index in [1.165, 1.54) is 29.3 Å². The lowest BCUT2D eigenvalue weighted by molar-refractivity contribution is -0.149. The van der Waals surface area contributed by atoms with Crippen molar-refractivity contribution >= 4 is 35.2 Å². The maximum Gasteiger partial charge on any atom is 0.408 e. The average molecular weight is 463 g/mol. The summed E-state index contributed by atoms with van der Waals surface area (Å²) < 4.78 is 38.5. The van der Waals surface area contributed by atoms with Gasteiger partial charge in [-0.3, -0.25) is 19.8 Å². The Labute approximate surface area is 186 Å². The second-order valence-electron chi connectivity index (χ2n) is 7.76. The molecule has 10 nitrogen and oxygen atoms in total. The van der Waals surface area contributed by atoms with Crippen LogP contribution in [0.2, 0.25) is 0 Å². The number of hydrogen-bond acceptors (Lipinski definition) is 6. The minimum absolute atomic E-state index is 0.0891. The van der Waals surface area contributed by atoms with Gasteiger partial charge in [0.2, 0.25) is 5.91 Å². The molecule has 2 aliphatic rings. The summed E-state index contributed by atoms with van der Waals surface area (Å²) in [7, 11) is 0. The minimum atomic E-state index is -4.60. The second kappa shape index (κ2) is 8.22. The molecule has 2 aromatic rings. The Bertz CT molecular complexity index is 1120. The highest BCUT2D eigenvalue weighted by molar-refractivity contribution is 6.05. The molecule has 4 heterocycles. The number of nitrogens with two attached hydrogens (primary N) is 1. The van der Waals surface area contributed by atoms with E-state index in [1.54, 1.807) is 6.07 Å². The molecule has 2 aliphatic heterocycles. The number of carbonyl (C=O) groups excluding carboxylic acids is 3. The number of alkyl halides is 3. The highest BCUT2D eigenvalue weighted by atomic mass is 19.4. The number of rotatable bonds is 4. The van der Waals surface area contributed by atoms with Gasteiger partial charge in [-0.15, -0.1) is 0 Å². The van der Waals surface area contributed by atoms with Crippen LogP contribution in [0.15, 0.2) is 30.5 Å². The molecule has 0 saturated carbocycles. The summed E-state index contributed by atoms with van der Waals surface area (Å²) in [5, 5.41) is 4.46. The van der Waals surface area contributed by atoms with Crippen molar-refractivity contribution in [3.63, 3.8) is 0 Å². The van der Waals surface area contributed by atoms with Crippen LogP contribution in [0.4, 0.5) is 35.3 Å². The van der Waals surface area contributed by atoms with E-state index < -0.39 is 30.1 Å². The third-order valence-corrected chi connectivity index (χ3v) is 5.52. The first-order chi connectivity index (χ1) is 15.5. The molecular formula is C20H20F3N7O3. The zero-order chi connectivity index (χ0) is 23.9. The van der Waals surface area contributed by atoms with Gasteiger partial charge in [0, 0.05) is 24.8 Å². The number of primary amides is 1. The molecule has 2 aromatic heterocycles. The van der Waals surface area contributed by atoms with Crippen molar-refractivity contribution in [3.8, 4) is 0 Å². The molecular weight excluding hydrogens is 443 g/mol. The Hall–Kier alpha value is -3.90. The standard InChI is InChI=1S/C20H20F3N7O3/c1-10(20(21,22)23)26-18(32)13-2-3-14-17(27-13)30(12-5-7-29(14)9-12)19(33)28-15-8-11(16(24)31)4-6-25-15/h2-4,6,8,10,12H,5,7,9H2,1H3,(H2,24,31)(H,26,32)(H,25,28,33)/t10-,12?/m1/s1. The van der Waals surface area contributed by atoms with Gasteiger partial charge in [0.15, 0.2) is 5.82 Å². The second-order valence-corrected chi connectivity index (χ2v) is 7.76. The van der Waals surface area contributed by atoms with E-state index in [2.05, 4.69) is 15.3 Å².